The van der Waals surface area contributed by atoms with Gasteiger partial charge in [0.25, 0.3) is 5.09 Å². The summed E-state index contributed by atoms with van der Waals surface area (Å²) < 4.78 is 0. The van der Waals surface area contributed by atoms with Crippen molar-refractivity contribution >= 4 is 28.5 Å². The van der Waals surface area contributed by atoms with Crippen molar-refractivity contribution < 1.29 is 10.3 Å². The Morgan fingerprint density at radius 1 is 0.517 bits per heavy atom. The van der Waals surface area contributed by atoms with Crippen molar-refractivity contribution in [2.45, 2.75) is 0 Å². The Kier molecular flexibility index (Phi) is 6.72. The second-order valence-electron chi connectivity index (χ2n) is 6.25. The van der Waals surface area contributed by atoms with E-state index in [1.807, 2.05) is 0 Å². The van der Waals surface area contributed by atoms with E-state index in [1.165, 1.54) is 21.2 Å². The molecule has 4 nitrogen and oxygen atoms in total. The van der Waals surface area contributed by atoms with E-state index in [0.717, 1.165) is 0 Å². The molecule has 0 heterocycles. The molecular formula is C24H21NO3P+. The molecule has 1 N–H and O–H groups in total. The summed E-state index contributed by atoms with van der Waals surface area (Å²) in [6.45, 7) is 0. The van der Waals surface area contributed by atoms with Crippen LogP contribution in [0.5, 0.6) is 0 Å². The molecule has 0 bridgehead atoms. The molecule has 4 aromatic carbocycles. The average molecular weight is 402 g/mol. The maximum Gasteiger partial charge on any atom is 0.291 e. The van der Waals surface area contributed by atoms with Crippen molar-refractivity contribution in [2.75, 3.05) is 0 Å². The summed E-state index contributed by atoms with van der Waals surface area (Å²) in [5.74, 6) is 0. The molecule has 4 rings (SSSR count). The standard InChI is InChI=1S/C24H20P.HNO3/c1-5-13-21(14-6-1)25(22-15-7-2-8-16-22,23-17-9-3-10-18-23)24-19-11-4-12-20-24;2-1(3)4/h1-20H;(H,2,3,4)/q+1;. The van der Waals surface area contributed by atoms with Gasteiger partial charge in [-0.25, -0.2) is 0 Å². The molecule has 0 unspecified atom stereocenters. The summed E-state index contributed by atoms with van der Waals surface area (Å²) in [4.78, 5) is 8.36. The fourth-order valence-electron chi connectivity index (χ4n) is 3.50. The molecule has 0 aromatic heterocycles. The number of benzene rings is 4. The van der Waals surface area contributed by atoms with Crippen LogP contribution < -0.4 is 21.2 Å². The van der Waals surface area contributed by atoms with E-state index < -0.39 is 12.3 Å². The topological polar surface area (TPSA) is 63.4 Å². The van der Waals surface area contributed by atoms with Crippen LogP contribution in [0.3, 0.4) is 0 Å². The van der Waals surface area contributed by atoms with Gasteiger partial charge in [-0.05, 0) is 48.5 Å². The van der Waals surface area contributed by atoms with Gasteiger partial charge in [0, 0.05) is 0 Å². The molecule has 0 saturated carbocycles. The first-order valence-corrected chi connectivity index (χ1v) is 10.9. The lowest BCUT2D eigenvalue weighted by Crippen LogP contribution is -2.38. The largest absolute Gasteiger partial charge is 0.328 e. The lowest BCUT2D eigenvalue weighted by molar-refractivity contribution is -0.742. The van der Waals surface area contributed by atoms with Crippen molar-refractivity contribution in [1.29, 1.82) is 0 Å². The van der Waals surface area contributed by atoms with Gasteiger partial charge in [-0.2, -0.15) is 0 Å². The normalized spacial score (nSPS) is 10.5. The molecule has 144 valence electrons. The van der Waals surface area contributed by atoms with Gasteiger partial charge in [-0.3, -0.25) is 0 Å². The molecule has 0 aliphatic rings. The second kappa shape index (κ2) is 9.63. The number of rotatable bonds is 4. The third-order valence-electron chi connectivity index (χ3n) is 4.57. The molecule has 29 heavy (non-hydrogen) atoms. The van der Waals surface area contributed by atoms with Gasteiger partial charge < -0.3 is 5.21 Å². The van der Waals surface area contributed by atoms with Crippen LogP contribution in [-0.2, 0) is 0 Å². The molecule has 0 fully saturated rings. The van der Waals surface area contributed by atoms with Crippen molar-refractivity contribution in [2.24, 2.45) is 0 Å². The molecule has 0 amide bonds. The first kappa shape index (κ1) is 20.2. The highest BCUT2D eigenvalue weighted by Crippen LogP contribution is 2.53. The van der Waals surface area contributed by atoms with Crippen LogP contribution in [0.25, 0.3) is 0 Å². The summed E-state index contributed by atoms with van der Waals surface area (Å²) in [6.07, 6.45) is 0. The summed E-state index contributed by atoms with van der Waals surface area (Å²) >= 11 is 0. The molecule has 0 atom stereocenters. The highest BCUT2D eigenvalue weighted by Gasteiger charge is 2.47. The van der Waals surface area contributed by atoms with Gasteiger partial charge in [-0.1, -0.05) is 72.8 Å². The highest BCUT2D eigenvalue weighted by atomic mass is 31.2. The van der Waals surface area contributed by atoms with Crippen LogP contribution >= 0.6 is 7.26 Å². The zero-order valence-electron chi connectivity index (χ0n) is 15.7. The SMILES string of the molecule is O=[N+]([O-])O.c1ccc([P+](c2ccccc2)(c2ccccc2)c2ccccc2)cc1. The first-order chi connectivity index (χ1) is 14.2. The van der Waals surface area contributed by atoms with E-state index in [9.17, 15) is 0 Å². The van der Waals surface area contributed by atoms with Crippen LogP contribution in [0.1, 0.15) is 0 Å². The lowest BCUT2D eigenvalue weighted by Gasteiger charge is -2.27. The Hall–Kier alpha value is -3.49. The van der Waals surface area contributed by atoms with Gasteiger partial charge >= 0.3 is 0 Å². The fraction of sp³-hybridized carbons (Fsp3) is 0. The molecule has 0 aliphatic carbocycles. The Balaban J connectivity index is 0.000000552. The van der Waals surface area contributed by atoms with Gasteiger partial charge in [0.1, 0.15) is 28.5 Å². The summed E-state index contributed by atoms with van der Waals surface area (Å²) in [5.41, 5.74) is 0. The lowest BCUT2D eigenvalue weighted by atomic mass is 10.3. The number of nitrogens with zero attached hydrogens (tertiary/aromatic N) is 1. The predicted molar refractivity (Wildman–Crippen MR) is 120 cm³/mol. The first-order valence-electron chi connectivity index (χ1n) is 9.10. The minimum atomic E-state index is -1.91. The van der Waals surface area contributed by atoms with Crippen molar-refractivity contribution in [3.8, 4) is 0 Å². The van der Waals surface area contributed by atoms with E-state index in [0.29, 0.717) is 0 Å². The van der Waals surface area contributed by atoms with Crippen LogP contribution in [0.2, 0.25) is 0 Å². The van der Waals surface area contributed by atoms with E-state index in [4.69, 9.17) is 15.3 Å². The smallest absolute Gasteiger partial charge is 0.291 e. The van der Waals surface area contributed by atoms with E-state index >= 15 is 0 Å². The maximum atomic E-state index is 8.36. The number of hydrogen-bond acceptors (Lipinski definition) is 2. The number of hydrogen-bond donors (Lipinski definition) is 1. The molecule has 0 aliphatic heterocycles. The Labute approximate surface area is 170 Å². The molecule has 5 heteroatoms. The van der Waals surface area contributed by atoms with Crippen molar-refractivity contribution in [3.63, 3.8) is 0 Å². The zero-order valence-corrected chi connectivity index (χ0v) is 16.6. The molecule has 0 radical (unpaired) electrons. The maximum absolute atomic E-state index is 8.36. The van der Waals surface area contributed by atoms with Crippen LogP contribution in [-0.4, -0.2) is 10.3 Å². The summed E-state index contributed by atoms with van der Waals surface area (Å²) in [7, 11) is -1.91. The minimum Gasteiger partial charge on any atom is -0.328 e. The Morgan fingerprint density at radius 3 is 0.862 bits per heavy atom. The average Bonchev–Trinajstić information content (AvgIpc) is 2.77. The summed E-state index contributed by atoms with van der Waals surface area (Å²) in [6, 6.07) is 43.8. The molecule has 0 saturated heterocycles. The highest BCUT2D eigenvalue weighted by molar-refractivity contribution is 8.01. The van der Waals surface area contributed by atoms with E-state index in [2.05, 4.69) is 121 Å². The minimum absolute atomic E-state index is 1.39. The monoisotopic (exact) mass is 402 g/mol. The molecule has 0 spiro atoms. The molecular weight excluding hydrogens is 381 g/mol. The van der Waals surface area contributed by atoms with Gasteiger partial charge in [0.05, 0.1) is 0 Å². The van der Waals surface area contributed by atoms with Crippen LogP contribution in [0.15, 0.2) is 121 Å². The quantitative estimate of drug-likeness (QED) is 0.319. The van der Waals surface area contributed by atoms with Gasteiger partial charge in [0.15, 0.2) is 0 Å². The van der Waals surface area contributed by atoms with E-state index in [1.54, 1.807) is 0 Å². The Morgan fingerprint density at radius 2 is 0.690 bits per heavy atom. The molecule has 4 aromatic rings. The van der Waals surface area contributed by atoms with Crippen LogP contribution in [0, 0.1) is 10.1 Å². The van der Waals surface area contributed by atoms with Gasteiger partial charge in [-0.15, -0.1) is 10.1 Å². The summed E-state index contributed by atoms with van der Waals surface area (Å²) in [5, 5.41) is 19.2. The zero-order chi connectivity index (χ0) is 20.5. The van der Waals surface area contributed by atoms with Crippen molar-refractivity contribution in [3.05, 3.63) is 131 Å². The predicted octanol–water partition coefficient (Wildman–Crippen LogP) is 3.96. The van der Waals surface area contributed by atoms with Crippen LogP contribution in [0.4, 0.5) is 0 Å². The Bertz CT molecular complexity index is 859. The van der Waals surface area contributed by atoms with E-state index in [-0.39, 0.29) is 0 Å². The second-order valence-corrected chi connectivity index (χ2v) is 9.66. The third-order valence-corrected chi connectivity index (χ3v) is 8.86. The fourth-order valence-corrected chi connectivity index (χ4v) is 7.77. The van der Waals surface area contributed by atoms with Crippen molar-refractivity contribution in [1.82, 2.24) is 0 Å². The third kappa shape index (κ3) is 4.50. The van der Waals surface area contributed by atoms with Gasteiger partial charge in [0.2, 0.25) is 0 Å².